The number of carbonyl (C=O) groups excluding carboxylic acids is 1. The highest BCUT2D eigenvalue weighted by atomic mass is 35.5. The van der Waals surface area contributed by atoms with Gasteiger partial charge in [0, 0.05) is 0 Å². The number of alkyl halides is 3. The van der Waals surface area contributed by atoms with E-state index >= 15 is 0 Å². The number of carbonyl (C=O) groups is 1. The highest BCUT2D eigenvalue weighted by Gasteiger charge is 2.31. The zero-order chi connectivity index (χ0) is 10.8. The number of aldehydes is 1. The Kier molecular flexibility index (Phi) is 2.95. The Morgan fingerprint density at radius 1 is 1.50 bits per heavy atom. The second-order valence-electron chi connectivity index (χ2n) is 2.22. The molecule has 1 aromatic heterocycles. The predicted octanol–water partition coefficient (Wildman–Crippen LogP) is 2.45. The van der Waals surface area contributed by atoms with Gasteiger partial charge in [0.25, 0.3) is 0 Å². The molecule has 1 rings (SSSR count). The van der Waals surface area contributed by atoms with Crippen molar-refractivity contribution in [3.8, 4) is 5.75 Å². The van der Waals surface area contributed by atoms with Gasteiger partial charge in [-0.15, -0.1) is 13.2 Å². The van der Waals surface area contributed by atoms with E-state index in [0.717, 1.165) is 12.3 Å². The predicted molar refractivity (Wildman–Crippen MR) is 41.3 cm³/mol. The molecule has 14 heavy (non-hydrogen) atoms. The van der Waals surface area contributed by atoms with Crippen LogP contribution >= 0.6 is 11.6 Å². The summed E-state index contributed by atoms with van der Waals surface area (Å²) in [4.78, 5) is 13.6. The van der Waals surface area contributed by atoms with Gasteiger partial charge in [-0.3, -0.25) is 4.79 Å². The van der Waals surface area contributed by atoms with Crippen LogP contribution in [0.25, 0.3) is 0 Å². The quantitative estimate of drug-likeness (QED) is 0.573. The van der Waals surface area contributed by atoms with Crippen molar-refractivity contribution in [2.75, 3.05) is 0 Å². The monoisotopic (exact) mass is 225 g/mol. The first-order valence-electron chi connectivity index (χ1n) is 3.29. The van der Waals surface area contributed by atoms with Gasteiger partial charge in [0.1, 0.15) is 10.9 Å². The average molecular weight is 226 g/mol. The maximum atomic E-state index is 11.7. The summed E-state index contributed by atoms with van der Waals surface area (Å²) in [6.45, 7) is 0. The largest absolute Gasteiger partial charge is 0.573 e. The van der Waals surface area contributed by atoms with Crippen molar-refractivity contribution in [3.63, 3.8) is 0 Å². The first-order valence-corrected chi connectivity index (χ1v) is 3.66. The number of hydrogen-bond acceptors (Lipinski definition) is 3. The molecule has 0 atom stereocenters. The molecular formula is C7H3ClF3NO2. The Morgan fingerprint density at radius 2 is 2.14 bits per heavy atom. The summed E-state index contributed by atoms with van der Waals surface area (Å²) < 4.78 is 38.6. The Bertz CT molecular complexity index is 353. The maximum Gasteiger partial charge on any atom is 0.573 e. The van der Waals surface area contributed by atoms with E-state index < -0.39 is 12.1 Å². The van der Waals surface area contributed by atoms with Crippen molar-refractivity contribution in [2.24, 2.45) is 0 Å². The lowest BCUT2D eigenvalue weighted by molar-refractivity contribution is -0.274. The van der Waals surface area contributed by atoms with Crippen LogP contribution in [0.15, 0.2) is 12.3 Å². The first-order chi connectivity index (χ1) is 6.42. The van der Waals surface area contributed by atoms with Crippen molar-refractivity contribution in [1.29, 1.82) is 0 Å². The molecular weight excluding hydrogens is 223 g/mol. The summed E-state index contributed by atoms with van der Waals surface area (Å²) in [7, 11) is 0. The molecule has 0 radical (unpaired) electrons. The lowest BCUT2D eigenvalue weighted by atomic mass is 10.3. The summed E-state index contributed by atoms with van der Waals surface area (Å²) in [5.74, 6) is -0.580. The van der Waals surface area contributed by atoms with Crippen molar-refractivity contribution in [1.82, 2.24) is 4.98 Å². The van der Waals surface area contributed by atoms with Crippen LogP contribution in [-0.4, -0.2) is 17.6 Å². The summed E-state index contributed by atoms with van der Waals surface area (Å²) in [6, 6.07) is 0.857. The molecule has 0 amide bonds. The minimum Gasteiger partial charge on any atom is -0.404 e. The molecule has 0 aliphatic rings. The Hall–Kier alpha value is -1.30. The normalized spacial score (nSPS) is 11.1. The Labute approximate surface area is 81.5 Å². The zero-order valence-corrected chi connectivity index (χ0v) is 7.26. The van der Waals surface area contributed by atoms with Gasteiger partial charge in [-0.2, -0.15) is 0 Å². The average Bonchev–Trinajstić information content (AvgIpc) is 2.06. The molecule has 0 aromatic carbocycles. The highest BCUT2D eigenvalue weighted by Crippen LogP contribution is 2.24. The summed E-state index contributed by atoms with van der Waals surface area (Å²) in [6.07, 6.45) is -3.74. The molecule has 0 fully saturated rings. The van der Waals surface area contributed by atoms with E-state index in [1.54, 1.807) is 0 Å². The van der Waals surface area contributed by atoms with Gasteiger partial charge in [0.2, 0.25) is 0 Å². The molecule has 0 N–H and O–H groups in total. The van der Waals surface area contributed by atoms with Crippen LogP contribution in [0.5, 0.6) is 5.75 Å². The molecule has 0 unspecified atom stereocenters. The minimum absolute atomic E-state index is 0.159. The van der Waals surface area contributed by atoms with Gasteiger partial charge in [-0.25, -0.2) is 4.98 Å². The van der Waals surface area contributed by atoms with E-state index in [1.807, 2.05) is 0 Å². The van der Waals surface area contributed by atoms with Gasteiger partial charge >= 0.3 is 6.36 Å². The third-order valence-electron chi connectivity index (χ3n) is 1.20. The van der Waals surface area contributed by atoms with E-state index in [1.165, 1.54) is 0 Å². The van der Waals surface area contributed by atoms with Crippen molar-refractivity contribution < 1.29 is 22.7 Å². The van der Waals surface area contributed by atoms with Crippen LogP contribution in [0.1, 0.15) is 10.4 Å². The van der Waals surface area contributed by atoms with Crippen LogP contribution in [0.2, 0.25) is 5.15 Å². The Balaban J connectivity index is 2.95. The summed E-state index contributed by atoms with van der Waals surface area (Å²) >= 11 is 5.39. The van der Waals surface area contributed by atoms with Crippen LogP contribution in [0.3, 0.4) is 0 Å². The van der Waals surface area contributed by atoms with Crippen LogP contribution in [-0.2, 0) is 0 Å². The number of nitrogens with zero attached hydrogens (tertiary/aromatic N) is 1. The van der Waals surface area contributed by atoms with E-state index in [4.69, 9.17) is 11.6 Å². The van der Waals surface area contributed by atoms with Crippen LogP contribution in [0, 0.1) is 0 Å². The molecule has 1 heterocycles. The molecule has 1 aromatic rings. The van der Waals surface area contributed by atoms with E-state index in [-0.39, 0.29) is 10.7 Å². The lowest BCUT2D eigenvalue weighted by Gasteiger charge is -2.08. The highest BCUT2D eigenvalue weighted by molar-refractivity contribution is 6.31. The summed E-state index contributed by atoms with van der Waals surface area (Å²) in [5, 5.41) is -0.172. The fourth-order valence-electron chi connectivity index (χ4n) is 0.717. The standard InChI is InChI=1S/C7H3ClF3NO2/c8-6-4(3-13)1-5(2-12-6)14-7(9,10)11/h1-3H. The molecule has 0 aliphatic heterocycles. The number of hydrogen-bond donors (Lipinski definition) is 0. The molecule has 0 bridgehead atoms. The van der Waals surface area contributed by atoms with Gasteiger partial charge in [-0.1, -0.05) is 11.6 Å². The zero-order valence-electron chi connectivity index (χ0n) is 6.51. The van der Waals surface area contributed by atoms with Gasteiger partial charge < -0.3 is 4.74 Å². The fraction of sp³-hybridized carbons (Fsp3) is 0.143. The van der Waals surface area contributed by atoms with Gasteiger partial charge in [0.05, 0.1) is 11.8 Å². The van der Waals surface area contributed by atoms with Crippen LogP contribution in [0.4, 0.5) is 13.2 Å². The number of pyridine rings is 1. The number of ether oxygens (including phenoxy) is 1. The smallest absolute Gasteiger partial charge is 0.404 e. The number of rotatable bonds is 2. The molecule has 76 valence electrons. The molecule has 0 spiro atoms. The number of halogens is 4. The van der Waals surface area contributed by atoms with E-state index in [0.29, 0.717) is 6.29 Å². The summed E-state index contributed by atoms with van der Waals surface area (Å²) in [5.41, 5.74) is -0.159. The van der Waals surface area contributed by atoms with Gasteiger partial charge in [-0.05, 0) is 6.07 Å². The SMILES string of the molecule is O=Cc1cc(OC(F)(F)F)cnc1Cl. The van der Waals surface area contributed by atoms with Crippen molar-refractivity contribution >= 4 is 17.9 Å². The second kappa shape index (κ2) is 3.83. The first kappa shape index (κ1) is 10.8. The molecule has 0 saturated heterocycles. The lowest BCUT2D eigenvalue weighted by Crippen LogP contribution is -2.17. The van der Waals surface area contributed by atoms with E-state index in [9.17, 15) is 18.0 Å². The third-order valence-corrected chi connectivity index (χ3v) is 1.52. The fourth-order valence-corrected chi connectivity index (χ4v) is 0.865. The van der Waals surface area contributed by atoms with Crippen LogP contribution < -0.4 is 4.74 Å². The molecule has 3 nitrogen and oxygen atoms in total. The minimum atomic E-state index is -4.81. The maximum absolute atomic E-state index is 11.7. The third kappa shape index (κ3) is 2.88. The van der Waals surface area contributed by atoms with Crippen molar-refractivity contribution in [2.45, 2.75) is 6.36 Å². The van der Waals surface area contributed by atoms with Crippen molar-refractivity contribution in [3.05, 3.63) is 23.0 Å². The van der Waals surface area contributed by atoms with Gasteiger partial charge in [0.15, 0.2) is 6.29 Å². The molecule has 0 aliphatic carbocycles. The number of aromatic nitrogens is 1. The Morgan fingerprint density at radius 3 is 2.64 bits per heavy atom. The second-order valence-corrected chi connectivity index (χ2v) is 2.57. The van der Waals surface area contributed by atoms with E-state index in [2.05, 4.69) is 9.72 Å². The molecule has 7 heteroatoms. The molecule has 0 saturated carbocycles. The topological polar surface area (TPSA) is 39.2 Å².